The van der Waals surface area contributed by atoms with Crippen LogP contribution >= 0.6 is 0 Å². The molecule has 0 radical (unpaired) electrons. The molecule has 0 aliphatic carbocycles. The summed E-state index contributed by atoms with van der Waals surface area (Å²) in [6, 6.07) is 18.0. The van der Waals surface area contributed by atoms with Gasteiger partial charge < -0.3 is 18.9 Å². The topological polar surface area (TPSA) is 74.3 Å². The molecule has 7 nitrogen and oxygen atoms in total. The fourth-order valence-electron chi connectivity index (χ4n) is 4.14. The lowest BCUT2D eigenvalue weighted by atomic mass is 9.91. The lowest BCUT2D eigenvalue weighted by molar-refractivity contribution is -0.123. The van der Waals surface area contributed by atoms with Crippen molar-refractivity contribution in [1.29, 1.82) is 0 Å². The minimum atomic E-state index is -0.367. The van der Waals surface area contributed by atoms with E-state index < -0.39 is 0 Å². The molecule has 2 aliphatic rings. The number of hydrogen-bond acceptors (Lipinski definition) is 6. The molecule has 0 saturated heterocycles. The maximum absolute atomic E-state index is 13.6. The SMILES string of the molecule is COc1ccc(CN2C(=O)/C(=C\c3cc(OC)c4c(c3)OCCO4)c3ccccc3C2=O)cc1. The molecule has 0 saturated carbocycles. The number of carbonyl (C=O) groups is 2. The van der Waals surface area contributed by atoms with E-state index in [9.17, 15) is 9.59 Å². The highest BCUT2D eigenvalue weighted by molar-refractivity contribution is 6.33. The minimum absolute atomic E-state index is 0.151. The highest BCUT2D eigenvalue weighted by Gasteiger charge is 2.34. The summed E-state index contributed by atoms with van der Waals surface area (Å²) < 4.78 is 22.1. The number of fused-ring (bicyclic) bond motifs is 2. The highest BCUT2D eigenvalue weighted by atomic mass is 16.6. The highest BCUT2D eigenvalue weighted by Crippen LogP contribution is 2.41. The maximum Gasteiger partial charge on any atom is 0.261 e. The fourth-order valence-corrected chi connectivity index (χ4v) is 4.14. The Kier molecular flexibility index (Phi) is 5.67. The Morgan fingerprint density at radius 1 is 0.882 bits per heavy atom. The van der Waals surface area contributed by atoms with Crippen molar-refractivity contribution in [2.75, 3.05) is 27.4 Å². The summed E-state index contributed by atoms with van der Waals surface area (Å²) >= 11 is 0. The van der Waals surface area contributed by atoms with E-state index >= 15 is 0 Å². The van der Waals surface area contributed by atoms with Gasteiger partial charge in [-0.05, 0) is 53.1 Å². The summed E-state index contributed by atoms with van der Waals surface area (Å²) in [7, 11) is 3.15. The zero-order valence-electron chi connectivity index (χ0n) is 18.9. The third kappa shape index (κ3) is 3.85. The smallest absolute Gasteiger partial charge is 0.261 e. The number of rotatable bonds is 5. The van der Waals surface area contributed by atoms with Gasteiger partial charge in [0, 0.05) is 11.1 Å². The van der Waals surface area contributed by atoms with Gasteiger partial charge in [0.15, 0.2) is 11.5 Å². The zero-order valence-corrected chi connectivity index (χ0v) is 18.9. The number of nitrogens with zero attached hydrogens (tertiary/aromatic N) is 1. The maximum atomic E-state index is 13.6. The van der Waals surface area contributed by atoms with Gasteiger partial charge in [0.2, 0.25) is 5.75 Å². The second-order valence-corrected chi connectivity index (χ2v) is 7.90. The van der Waals surface area contributed by atoms with E-state index in [2.05, 4.69) is 0 Å². The van der Waals surface area contributed by atoms with Crippen molar-refractivity contribution < 1.29 is 28.5 Å². The van der Waals surface area contributed by atoms with Crippen LogP contribution in [-0.4, -0.2) is 44.1 Å². The summed E-state index contributed by atoms with van der Waals surface area (Å²) in [6.07, 6.45) is 1.76. The molecule has 2 aliphatic heterocycles. The van der Waals surface area contributed by atoms with Gasteiger partial charge in [-0.15, -0.1) is 0 Å². The van der Waals surface area contributed by atoms with E-state index in [1.807, 2.05) is 24.3 Å². The lowest BCUT2D eigenvalue weighted by Gasteiger charge is -2.29. The fraction of sp³-hybridized carbons (Fsp3) is 0.185. The van der Waals surface area contributed by atoms with Gasteiger partial charge in [0.1, 0.15) is 19.0 Å². The van der Waals surface area contributed by atoms with Crippen LogP contribution in [0.15, 0.2) is 60.7 Å². The van der Waals surface area contributed by atoms with Crippen LogP contribution in [-0.2, 0) is 11.3 Å². The Balaban J connectivity index is 1.57. The summed E-state index contributed by atoms with van der Waals surface area (Å²) in [5.74, 6) is 1.63. The molecule has 0 N–H and O–H groups in total. The van der Waals surface area contributed by atoms with Crippen molar-refractivity contribution in [1.82, 2.24) is 4.90 Å². The van der Waals surface area contributed by atoms with Gasteiger partial charge in [-0.3, -0.25) is 14.5 Å². The first-order valence-corrected chi connectivity index (χ1v) is 10.9. The third-order valence-electron chi connectivity index (χ3n) is 5.83. The number of ether oxygens (including phenoxy) is 4. The molecule has 3 aromatic rings. The van der Waals surface area contributed by atoms with Crippen LogP contribution in [0.1, 0.15) is 27.0 Å². The number of amides is 2. The van der Waals surface area contributed by atoms with Crippen molar-refractivity contribution in [2.24, 2.45) is 0 Å². The molecular formula is C27H23NO6. The first-order valence-electron chi connectivity index (χ1n) is 10.9. The molecule has 0 unspecified atom stereocenters. The number of imide groups is 1. The summed E-state index contributed by atoms with van der Waals surface area (Å²) in [4.78, 5) is 28.1. The summed E-state index contributed by atoms with van der Waals surface area (Å²) in [5.41, 5.74) is 3.02. The van der Waals surface area contributed by atoms with E-state index in [1.165, 1.54) is 4.90 Å². The van der Waals surface area contributed by atoms with Crippen molar-refractivity contribution in [3.63, 3.8) is 0 Å². The molecule has 5 rings (SSSR count). The number of carbonyl (C=O) groups excluding carboxylic acids is 2. The Morgan fingerprint density at radius 3 is 2.35 bits per heavy atom. The lowest BCUT2D eigenvalue weighted by Crippen LogP contribution is -2.41. The number of hydrogen-bond donors (Lipinski definition) is 0. The first-order chi connectivity index (χ1) is 16.6. The molecular weight excluding hydrogens is 434 g/mol. The molecule has 2 amide bonds. The monoisotopic (exact) mass is 457 g/mol. The molecule has 0 bridgehead atoms. The molecule has 0 atom stereocenters. The predicted octanol–water partition coefficient (Wildman–Crippen LogP) is 4.20. The van der Waals surface area contributed by atoms with E-state index in [0.717, 1.165) is 5.56 Å². The molecule has 0 spiro atoms. The van der Waals surface area contributed by atoms with Crippen molar-refractivity contribution in [3.8, 4) is 23.0 Å². The number of methoxy groups -OCH3 is 2. The Hall–Kier alpha value is -4.26. The molecule has 172 valence electrons. The Labute approximate surface area is 197 Å². The van der Waals surface area contributed by atoms with Gasteiger partial charge in [0.25, 0.3) is 11.8 Å². The Bertz CT molecular complexity index is 1280. The Morgan fingerprint density at radius 2 is 1.62 bits per heavy atom. The quantitative estimate of drug-likeness (QED) is 0.422. The van der Waals surface area contributed by atoms with Crippen LogP contribution in [0, 0.1) is 0 Å². The van der Waals surface area contributed by atoms with Gasteiger partial charge >= 0.3 is 0 Å². The number of benzene rings is 3. The van der Waals surface area contributed by atoms with E-state index in [4.69, 9.17) is 18.9 Å². The van der Waals surface area contributed by atoms with Gasteiger partial charge in [0.05, 0.1) is 20.8 Å². The molecule has 0 fully saturated rings. The van der Waals surface area contributed by atoms with Gasteiger partial charge in [-0.2, -0.15) is 0 Å². The molecule has 7 heteroatoms. The third-order valence-corrected chi connectivity index (χ3v) is 5.83. The standard InChI is InChI=1S/C27H23NO6/c1-31-19-9-7-17(8-10-19)16-28-26(29)21-6-4-3-5-20(21)22(27(28)30)13-18-14-23(32-2)25-24(15-18)33-11-12-34-25/h3-10,13-15H,11-12,16H2,1-2H3/b22-13-. The van der Waals surface area contributed by atoms with Crippen LogP contribution < -0.4 is 18.9 Å². The van der Waals surface area contributed by atoms with Crippen LogP contribution in [0.25, 0.3) is 11.6 Å². The average molecular weight is 457 g/mol. The van der Waals surface area contributed by atoms with Gasteiger partial charge in [-0.1, -0.05) is 30.3 Å². The zero-order chi connectivity index (χ0) is 23.7. The largest absolute Gasteiger partial charge is 0.497 e. The van der Waals surface area contributed by atoms with Crippen molar-refractivity contribution in [2.45, 2.75) is 6.54 Å². The first kappa shape index (κ1) is 21.6. The molecule has 3 aromatic carbocycles. The molecule has 0 aromatic heterocycles. The minimum Gasteiger partial charge on any atom is -0.497 e. The van der Waals surface area contributed by atoms with Crippen LogP contribution in [0.3, 0.4) is 0 Å². The molecule has 34 heavy (non-hydrogen) atoms. The predicted molar refractivity (Wildman–Crippen MR) is 126 cm³/mol. The average Bonchev–Trinajstić information content (AvgIpc) is 2.89. The van der Waals surface area contributed by atoms with Crippen molar-refractivity contribution in [3.05, 3.63) is 82.9 Å². The normalized spacial score (nSPS) is 15.8. The van der Waals surface area contributed by atoms with Gasteiger partial charge in [-0.25, -0.2) is 0 Å². The van der Waals surface area contributed by atoms with Crippen LogP contribution in [0.2, 0.25) is 0 Å². The van der Waals surface area contributed by atoms with E-state index in [-0.39, 0.29) is 18.4 Å². The van der Waals surface area contributed by atoms with E-state index in [0.29, 0.717) is 58.5 Å². The second kappa shape index (κ2) is 8.94. The van der Waals surface area contributed by atoms with Crippen LogP contribution in [0.5, 0.6) is 23.0 Å². The van der Waals surface area contributed by atoms with Crippen LogP contribution in [0.4, 0.5) is 0 Å². The second-order valence-electron chi connectivity index (χ2n) is 7.90. The van der Waals surface area contributed by atoms with E-state index in [1.54, 1.807) is 56.7 Å². The summed E-state index contributed by atoms with van der Waals surface area (Å²) in [5, 5.41) is 0. The van der Waals surface area contributed by atoms with Crippen molar-refractivity contribution >= 4 is 23.5 Å². The molecule has 2 heterocycles. The summed E-state index contributed by atoms with van der Waals surface area (Å²) in [6.45, 7) is 1.03.